The zero-order valence-corrected chi connectivity index (χ0v) is 13.1. The molecule has 2 aromatic carbocycles. The van der Waals surface area contributed by atoms with Crippen molar-refractivity contribution in [2.24, 2.45) is 0 Å². The Morgan fingerprint density at radius 2 is 1.79 bits per heavy atom. The van der Waals surface area contributed by atoms with E-state index >= 15 is 0 Å². The SMILES string of the molecule is COc1ccc(C(Cl)c2ccc(F)c(Br)c2)cc1Cl. The van der Waals surface area contributed by atoms with Crippen LogP contribution in [0.4, 0.5) is 4.39 Å². The summed E-state index contributed by atoms with van der Waals surface area (Å²) in [5.74, 6) is 0.273. The van der Waals surface area contributed by atoms with Gasteiger partial charge in [0.25, 0.3) is 0 Å². The number of hydrogen-bond donors (Lipinski definition) is 0. The van der Waals surface area contributed by atoms with Crippen LogP contribution in [0.25, 0.3) is 0 Å². The topological polar surface area (TPSA) is 9.23 Å². The molecule has 0 aliphatic rings. The molecule has 0 radical (unpaired) electrons. The molecule has 5 heteroatoms. The Balaban J connectivity index is 2.35. The largest absolute Gasteiger partial charge is 0.495 e. The second-order valence-corrected chi connectivity index (χ2v) is 5.63. The Labute approximate surface area is 129 Å². The van der Waals surface area contributed by atoms with Crippen LogP contribution in [0.5, 0.6) is 5.75 Å². The molecule has 0 aliphatic carbocycles. The van der Waals surface area contributed by atoms with Gasteiger partial charge >= 0.3 is 0 Å². The van der Waals surface area contributed by atoms with Crippen molar-refractivity contribution >= 4 is 39.1 Å². The molecule has 0 fully saturated rings. The van der Waals surface area contributed by atoms with E-state index in [2.05, 4.69) is 15.9 Å². The predicted octanol–water partition coefficient (Wildman–Crippen LogP) is 5.58. The fourth-order valence-corrected chi connectivity index (χ4v) is 2.64. The van der Waals surface area contributed by atoms with Crippen molar-refractivity contribution in [1.29, 1.82) is 0 Å². The zero-order valence-electron chi connectivity index (χ0n) is 9.96. The summed E-state index contributed by atoms with van der Waals surface area (Å²) in [6.07, 6.45) is 0. The summed E-state index contributed by atoms with van der Waals surface area (Å²) in [4.78, 5) is 0. The highest BCUT2D eigenvalue weighted by Gasteiger charge is 2.14. The van der Waals surface area contributed by atoms with Gasteiger partial charge in [0.15, 0.2) is 0 Å². The maximum Gasteiger partial charge on any atom is 0.137 e. The molecule has 0 bridgehead atoms. The normalized spacial score (nSPS) is 12.3. The highest BCUT2D eigenvalue weighted by molar-refractivity contribution is 9.10. The first-order valence-electron chi connectivity index (χ1n) is 5.45. The Kier molecular flexibility index (Phi) is 4.71. The van der Waals surface area contributed by atoms with Gasteiger partial charge in [-0.2, -0.15) is 0 Å². The molecule has 1 nitrogen and oxygen atoms in total. The van der Waals surface area contributed by atoms with Crippen LogP contribution in [-0.4, -0.2) is 7.11 Å². The van der Waals surface area contributed by atoms with Crippen molar-refractivity contribution in [3.8, 4) is 5.75 Å². The van der Waals surface area contributed by atoms with Crippen LogP contribution in [0.2, 0.25) is 5.02 Å². The Hall–Kier alpha value is -0.770. The maximum absolute atomic E-state index is 13.2. The van der Waals surface area contributed by atoms with Crippen molar-refractivity contribution in [1.82, 2.24) is 0 Å². The number of rotatable bonds is 3. The minimum Gasteiger partial charge on any atom is -0.495 e. The quantitative estimate of drug-likeness (QED) is 0.647. The molecule has 0 amide bonds. The molecule has 0 heterocycles. The Morgan fingerprint density at radius 3 is 2.37 bits per heavy atom. The van der Waals surface area contributed by atoms with E-state index in [0.29, 0.717) is 15.2 Å². The lowest BCUT2D eigenvalue weighted by atomic mass is 10.0. The number of alkyl halides is 1. The predicted molar refractivity (Wildman–Crippen MR) is 79.8 cm³/mol. The van der Waals surface area contributed by atoms with Crippen LogP contribution in [0, 0.1) is 5.82 Å². The molecule has 2 rings (SSSR count). The fourth-order valence-electron chi connectivity index (χ4n) is 1.70. The summed E-state index contributed by atoms with van der Waals surface area (Å²) in [6, 6.07) is 10.0. The molecule has 1 unspecified atom stereocenters. The van der Waals surface area contributed by atoms with E-state index in [4.69, 9.17) is 27.9 Å². The Morgan fingerprint density at radius 1 is 1.16 bits per heavy atom. The van der Waals surface area contributed by atoms with Gasteiger partial charge in [-0.1, -0.05) is 23.7 Å². The van der Waals surface area contributed by atoms with E-state index in [9.17, 15) is 4.39 Å². The number of methoxy groups -OCH3 is 1. The van der Waals surface area contributed by atoms with E-state index < -0.39 is 5.38 Å². The lowest BCUT2D eigenvalue weighted by Gasteiger charge is -2.13. The first-order chi connectivity index (χ1) is 9.02. The van der Waals surface area contributed by atoms with Crippen molar-refractivity contribution in [3.05, 3.63) is 62.8 Å². The van der Waals surface area contributed by atoms with Gasteiger partial charge < -0.3 is 4.74 Å². The van der Waals surface area contributed by atoms with E-state index in [1.165, 1.54) is 6.07 Å². The summed E-state index contributed by atoms with van der Waals surface area (Å²) in [5, 5.41) is 0.0899. The molecule has 0 saturated heterocycles. The van der Waals surface area contributed by atoms with Gasteiger partial charge in [-0.25, -0.2) is 4.39 Å². The second-order valence-electron chi connectivity index (χ2n) is 3.93. The summed E-state index contributed by atoms with van der Waals surface area (Å²) >= 11 is 15.6. The monoisotopic (exact) mass is 362 g/mol. The molecule has 19 heavy (non-hydrogen) atoms. The zero-order chi connectivity index (χ0) is 14.0. The van der Waals surface area contributed by atoms with Crippen molar-refractivity contribution < 1.29 is 9.13 Å². The van der Waals surface area contributed by atoms with E-state index in [0.717, 1.165) is 11.1 Å². The third kappa shape index (κ3) is 3.22. The highest BCUT2D eigenvalue weighted by atomic mass is 79.9. The van der Waals surface area contributed by atoms with Gasteiger partial charge in [0.2, 0.25) is 0 Å². The standard InChI is InChI=1S/C14H10BrCl2FO/c1-19-13-5-3-9(7-11(13)16)14(17)8-2-4-12(18)10(15)6-8/h2-7,14H,1H3. The average molecular weight is 364 g/mol. The molecule has 0 spiro atoms. The van der Waals surface area contributed by atoms with E-state index in [-0.39, 0.29) is 5.82 Å². The molecule has 0 saturated carbocycles. The highest BCUT2D eigenvalue weighted by Crippen LogP contribution is 2.35. The fraction of sp³-hybridized carbons (Fsp3) is 0.143. The average Bonchev–Trinajstić information content (AvgIpc) is 2.41. The summed E-state index contributed by atoms with van der Waals surface area (Å²) in [6.45, 7) is 0. The van der Waals surface area contributed by atoms with Crippen LogP contribution in [-0.2, 0) is 0 Å². The van der Waals surface area contributed by atoms with Crippen molar-refractivity contribution in [2.75, 3.05) is 7.11 Å². The molecular weight excluding hydrogens is 354 g/mol. The Bertz CT molecular complexity index is 604. The van der Waals surface area contributed by atoms with E-state index in [1.54, 1.807) is 31.4 Å². The summed E-state index contributed by atoms with van der Waals surface area (Å²) < 4.78 is 18.7. The molecule has 0 aliphatic heterocycles. The van der Waals surface area contributed by atoms with E-state index in [1.807, 2.05) is 6.07 Å². The lowest BCUT2D eigenvalue weighted by Crippen LogP contribution is -1.95. The van der Waals surface area contributed by atoms with Gasteiger partial charge in [-0.3, -0.25) is 0 Å². The lowest BCUT2D eigenvalue weighted by molar-refractivity contribution is 0.415. The molecule has 100 valence electrons. The summed E-state index contributed by atoms with van der Waals surface area (Å²) in [7, 11) is 1.55. The number of ether oxygens (including phenoxy) is 1. The van der Waals surface area contributed by atoms with Crippen LogP contribution < -0.4 is 4.74 Å². The third-order valence-corrected chi connectivity index (χ3v) is 4.11. The third-order valence-electron chi connectivity index (χ3n) is 2.70. The van der Waals surface area contributed by atoms with Crippen LogP contribution in [0.3, 0.4) is 0 Å². The molecule has 0 aromatic heterocycles. The van der Waals surface area contributed by atoms with Crippen molar-refractivity contribution in [3.63, 3.8) is 0 Å². The van der Waals surface area contributed by atoms with Gasteiger partial charge in [0.1, 0.15) is 11.6 Å². The van der Waals surface area contributed by atoms with Crippen LogP contribution in [0.1, 0.15) is 16.5 Å². The first-order valence-corrected chi connectivity index (χ1v) is 7.06. The first kappa shape index (κ1) is 14.6. The van der Waals surface area contributed by atoms with Crippen LogP contribution in [0.15, 0.2) is 40.9 Å². The minimum absolute atomic E-state index is 0.319. The van der Waals surface area contributed by atoms with Crippen molar-refractivity contribution in [2.45, 2.75) is 5.38 Å². The molecule has 2 aromatic rings. The van der Waals surface area contributed by atoms with Gasteiger partial charge in [-0.15, -0.1) is 11.6 Å². The van der Waals surface area contributed by atoms with Crippen LogP contribution >= 0.6 is 39.1 Å². The van der Waals surface area contributed by atoms with Gasteiger partial charge in [0, 0.05) is 0 Å². The maximum atomic E-state index is 13.2. The summed E-state index contributed by atoms with van der Waals surface area (Å²) in [5.41, 5.74) is 1.61. The number of halogens is 4. The smallest absolute Gasteiger partial charge is 0.137 e. The van der Waals surface area contributed by atoms with Gasteiger partial charge in [0.05, 0.1) is 22.0 Å². The molecule has 1 atom stereocenters. The minimum atomic E-state index is -0.402. The number of benzene rings is 2. The number of hydrogen-bond acceptors (Lipinski definition) is 1. The van der Waals surface area contributed by atoms with Gasteiger partial charge in [-0.05, 0) is 51.3 Å². The second kappa shape index (κ2) is 6.12. The molecular formula is C14H10BrCl2FO. The molecule has 0 N–H and O–H groups in total.